The van der Waals surface area contributed by atoms with Crippen molar-refractivity contribution in [3.8, 4) is 0 Å². The number of aryl methyl sites for hydroxylation is 2. The third-order valence-corrected chi connectivity index (χ3v) is 3.83. The topological polar surface area (TPSA) is 59.0 Å². The normalized spacial score (nSPS) is 23.3. The molecule has 19 heavy (non-hydrogen) atoms. The van der Waals surface area contributed by atoms with Crippen LogP contribution in [0.15, 0.2) is 6.07 Å². The zero-order valence-corrected chi connectivity index (χ0v) is 12.1. The highest BCUT2D eigenvalue weighted by Gasteiger charge is 2.24. The average molecular weight is 264 g/mol. The van der Waals surface area contributed by atoms with Gasteiger partial charge >= 0.3 is 0 Å². The first-order valence-corrected chi connectivity index (χ1v) is 7.24. The van der Waals surface area contributed by atoms with Crippen molar-refractivity contribution in [3.05, 3.63) is 17.5 Å². The molecule has 5 heteroatoms. The second kappa shape index (κ2) is 6.19. The van der Waals surface area contributed by atoms with E-state index in [2.05, 4.69) is 29.6 Å². The molecular formula is C14H24N4O. The molecular weight excluding hydrogens is 240 g/mol. The van der Waals surface area contributed by atoms with Gasteiger partial charge in [-0.2, -0.15) is 5.10 Å². The van der Waals surface area contributed by atoms with Crippen LogP contribution in [0.5, 0.6) is 0 Å². The Balaban J connectivity index is 2.08. The van der Waals surface area contributed by atoms with Gasteiger partial charge in [-0.1, -0.05) is 13.8 Å². The van der Waals surface area contributed by atoms with Crippen molar-refractivity contribution in [3.63, 3.8) is 0 Å². The van der Waals surface area contributed by atoms with Gasteiger partial charge in [0.15, 0.2) is 0 Å². The first-order valence-electron chi connectivity index (χ1n) is 7.24. The van der Waals surface area contributed by atoms with E-state index in [0.717, 1.165) is 38.2 Å². The van der Waals surface area contributed by atoms with E-state index in [1.54, 1.807) is 4.68 Å². The number of rotatable bonds is 4. The first-order chi connectivity index (χ1) is 9.15. The van der Waals surface area contributed by atoms with Gasteiger partial charge in [0, 0.05) is 12.6 Å². The van der Waals surface area contributed by atoms with Crippen molar-refractivity contribution in [2.45, 2.75) is 46.2 Å². The van der Waals surface area contributed by atoms with Crippen LogP contribution in [-0.2, 0) is 13.0 Å². The highest BCUT2D eigenvalue weighted by Crippen LogP contribution is 2.12. The van der Waals surface area contributed by atoms with Crippen LogP contribution in [0.3, 0.4) is 0 Å². The SMILES string of the molecule is CCc1cc(C(=O)NC2CCNCC2C)n(CC)n1. The summed E-state index contributed by atoms with van der Waals surface area (Å²) in [7, 11) is 0. The molecule has 1 amide bonds. The van der Waals surface area contributed by atoms with Gasteiger partial charge in [-0.05, 0) is 44.8 Å². The summed E-state index contributed by atoms with van der Waals surface area (Å²) in [6, 6.07) is 2.17. The van der Waals surface area contributed by atoms with Crippen molar-refractivity contribution < 1.29 is 4.79 Å². The van der Waals surface area contributed by atoms with Crippen molar-refractivity contribution in [2.75, 3.05) is 13.1 Å². The van der Waals surface area contributed by atoms with Crippen molar-refractivity contribution >= 4 is 5.91 Å². The predicted molar refractivity (Wildman–Crippen MR) is 75.2 cm³/mol. The molecule has 0 spiro atoms. The zero-order valence-electron chi connectivity index (χ0n) is 12.1. The summed E-state index contributed by atoms with van der Waals surface area (Å²) < 4.78 is 1.79. The fourth-order valence-corrected chi connectivity index (χ4v) is 2.54. The second-order valence-corrected chi connectivity index (χ2v) is 5.24. The molecule has 1 fully saturated rings. The summed E-state index contributed by atoms with van der Waals surface area (Å²) in [5, 5.41) is 10.9. The van der Waals surface area contributed by atoms with Crippen LogP contribution in [0.2, 0.25) is 0 Å². The Hall–Kier alpha value is -1.36. The maximum absolute atomic E-state index is 12.4. The Morgan fingerprint density at radius 1 is 1.58 bits per heavy atom. The van der Waals surface area contributed by atoms with E-state index < -0.39 is 0 Å². The Bertz CT molecular complexity index is 441. The molecule has 0 aromatic carbocycles. The lowest BCUT2D eigenvalue weighted by molar-refractivity contribution is 0.0903. The molecule has 0 saturated carbocycles. The minimum absolute atomic E-state index is 0.00722. The molecule has 5 nitrogen and oxygen atoms in total. The van der Waals surface area contributed by atoms with Crippen LogP contribution >= 0.6 is 0 Å². The lowest BCUT2D eigenvalue weighted by Gasteiger charge is -2.30. The second-order valence-electron chi connectivity index (χ2n) is 5.24. The number of carbonyl (C=O) groups is 1. The Morgan fingerprint density at radius 2 is 2.37 bits per heavy atom. The van der Waals surface area contributed by atoms with Gasteiger partial charge in [0.1, 0.15) is 5.69 Å². The number of carbonyl (C=O) groups excluding carboxylic acids is 1. The van der Waals surface area contributed by atoms with Crippen LogP contribution in [0, 0.1) is 5.92 Å². The quantitative estimate of drug-likeness (QED) is 0.859. The highest BCUT2D eigenvalue weighted by atomic mass is 16.2. The highest BCUT2D eigenvalue weighted by molar-refractivity contribution is 5.92. The number of hydrogen-bond acceptors (Lipinski definition) is 3. The molecule has 2 atom stereocenters. The van der Waals surface area contributed by atoms with Crippen molar-refractivity contribution in [1.29, 1.82) is 0 Å². The fourth-order valence-electron chi connectivity index (χ4n) is 2.54. The molecule has 2 unspecified atom stereocenters. The van der Waals surface area contributed by atoms with Crippen LogP contribution in [0.1, 0.15) is 43.4 Å². The molecule has 1 aliphatic heterocycles. The fraction of sp³-hybridized carbons (Fsp3) is 0.714. The van der Waals surface area contributed by atoms with E-state index in [9.17, 15) is 4.79 Å². The van der Waals surface area contributed by atoms with E-state index in [4.69, 9.17) is 0 Å². The standard InChI is InChI=1S/C14H24N4O/c1-4-11-8-13(18(5-2)17-11)14(19)16-12-6-7-15-9-10(12)3/h8,10,12,15H,4-7,9H2,1-3H3,(H,16,19). The number of nitrogens with zero attached hydrogens (tertiary/aromatic N) is 2. The zero-order chi connectivity index (χ0) is 13.8. The van der Waals surface area contributed by atoms with Gasteiger partial charge in [0.25, 0.3) is 5.91 Å². The molecule has 106 valence electrons. The van der Waals surface area contributed by atoms with Crippen molar-refractivity contribution in [1.82, 2.24) is 20.4 Å². The third kappa shape index (κ3) is 3.15. The van der Waals surface area contributed by atoms with Gasteiger partial charge in [-0.15, -0.1) is 0 Å². The third-order valence-electron chi connectivity index (χ3n) is 3.83. The van der Waals surface area contributed by atoms with E-state index in [-0.39, 0.29) is 11.9 Å². The van der Waals surface area contributed by atoms with Gasteiger partial charge < -0.3 is 10.6 Å². The Labute approximate surface area is 114 Å². The Morgan fingerprint density at radius 3 is 3.00 bits per heavy atom. The molecule has 0 aliphatic carbocycles. The molecule has 2 heterocycles. The van der Waals surface area contributed by atoms with Crippen molar-refractivity contribution in [2.24, 2.45) is 5.92 Å². The molecule has 0 radical (unpaired) electrons. The molecule has 1 saturated heterocycles. The number of nitrogens with one attached hydrogen (secondary N) is 2. The minimum Gasteiger partial charge on any atom is -0.348 e. The van der Waals surface area contributed by atoms with Crippen LogP contribution in [-0.4, -0.2) is 34.8 Å². The summed E-state index contributed by atoms with van der Waals surface area (Å²) in [5.74, 6) is 0.481. The molecule has 1 aromatic heterocycles. The first kappa shape index (κ1) is 14.1. The molecule has 1 aromatic rings. The van der Waals surface area contributed by atoms with E-state index in [0.29, 0.717) is 11.6 Å². The summed E-state index contributed by atoms with van der Waals surface area (Å²) in [6.07, 6.45) is 1.85. The van der Waals surface area contributed by atoms with Gasteiger partial charge in [0.2, 0.25) is 0 Å². The lowest BCUT2D eigenvalue weighted by Crippen LogP contribution is -2.48. The lowest BCUT2D eigenvalue weighted by atomic mass is 9.95. The predicted octanol–water partition coefficient (Wildman–Crippen LogP) is 1.19. The maximum atomic E-state index is 12.4. The van der Waals surface area contributed by atoms with E-state index >= 15 is 0 Å². The maximum Gasteiger partial charge on any atom is 0.269 e. The molecule has 0 bridgehead atoms. The van der Waals surface area contributed by atoms with Crippen LogP contribution in [0.25, 0.3) is 0 Å². The Kier molecular flexibility index (Phi) is 4.58. The molecule has 1 aliphatic rings. The smallest absolute Gasteiger partial charge is 0.269 e. The largest absolute Gasteiger partial charge is 0.348 e. The number of aromatic nitrogens is 2. The van der Waals surface area contributed by atoms with Gasteiger partial charge in [0.05, 0.1) is 5.69 Å². The summed E-state index contributed by atoms with van der Waals surface area (Å²) in [5.41, 5.74) is 1.66. The van der Waals surface area contributed by atoms with E-state index in [1.165, 1.54) is 0 Å². The number of amides is 1. The van der Waals surface area contributed by atoms with Crippen LogP contribution < -0.4 is 10.6 Å². The van der Waals surface area contributed by atoms with Crippen LogP contribution in [0.4, 0.5) is 0 Å². The minimum atomic E-state index is 0.00722. The molecule has 2 rings (SSSR count). The van der Waals surface area contributed by atoms with E-state index in [1.807, 2.05) is 13.0 Å². The molecule has 2 N–H and O–H groups in total. The summed E-state index contributed by atoms with van der Waals surface area (Å²) >= 11 is 0. The van der Waals surface area contributed by atoms with Gasteiger partial charge in [-0.25, -0.2) is 0 Å². The summed E-state index contributed by atoms with van der Waals surface area (Å²) in [6.45, 7) is 8.91. The average Bonchev–Trinajstić information content (AvgIpc) is 2.84. The summed E-state index contributed by atoms with van der Waals surface area (Å²) in [4.78, 5) is 12.4. The van der Waals surface area contributed by atoms with Gasteiger partial charge in [-0.3, -0.25) is 9.48 Å². The monoisotopic (exact) mass is 264 g/mol. The number of hydrogen-bond donors (Lipinski definition) is 2. The number of piperidine rings is 1.